The van der Waals surface area contributed by atoms with Gasteiger partial charge in [0.1, 0.15) is 5.41 Å². The van der Waals surface area contributed by atoms with Gasteiger partial charge in [0, 0.05) is 27.8 Å². The average Bonchev–Trinajstić information content (AvgIpc) is 3.10. The fourth-order valence-corrected chi connectivity index (χ4v) is 7.22. The summed E-state index contributed by atoms with van der Waals surface area (Å²) in [6.07, 6.45) is 6.75. The van der Waals surface area contributed by atoms with E-state index in [4.69, 9.17) is 16.7 Å². The van der Waals surface area contributed by atoms with Crippen molar-refractivity contribution in [2.24, 2.45) is 10.5 Å². The maximum Gasteiger partial charge on any atom is 0.261 e. The van der Waals surface area contributed by atoms with Crippen molar-refractivity contribution in [2.75, 3.05) is 29.5 Å². The highest BCUT2D eigenvalue weighted by molar-refractivity contribution is 9.10. The first-order valence-corrected chi connectivity index (χ1v) is 13.6. The van der Waals surface area contributed by atoms with Gasteiger partial charge in [-0.2, -0.15) is 10.1 Å². The molecule has 2 fully saturated rings. The molecule has 0 N–H and O–H groups in total. The van der Waals surface area contributed by atoms with Crippen LogP contribution in [0.2, 0.25) is 5.02 Å². The number of rotatable bonds is 2. The number of hydrogen-bond donors (Lipinski definition) is 0. The first-order valence-electron chi connectivity index (χ1n) is 12.4. The number of halogens is 2. The molecular weight excluding hydrogens is 512 g/mol. The van der Waals surface area contributed by atoms with Crippen LogP contribution in [0.4, 0.5) is 11.4 Å². The normalized spacial score (nSPS) is 29.3. The fraction of sp³-hybridized carbons (Fsp3) is 0.481. The quantitative estimate of drug-likeness (QED) is 0.476. The van der Waals surface area contributed by atoms with Gasteiger partial charge in [-0.3, -0.25) is 4.79 Å². The third-order valence-electron chi connectivity index (χ3n) is 8.41. The summed E-state index contributed by atoms with van der Waals surface area (Å²) in [6, 6.07) is 14.6. The highest BCUT2D eigenvalue weighted by Gasteiger charge is 2.60. The smallest absolute Gasteiger partial charge is 0.261 e. The number of anilines is 2. The van der Waals surface area contributed by atoms with Crippen LogP contribution in [0.25, 0.3) is 0 Å². The summed E-state index contributed by atoms with van der Waals surface area (Å²) in [4.78, 5) is 19.5. The zero-order chi connectivity index (χ0) is 23.4. The number of nitrogens with zero attached hydrogens (tertiary/aromatic N) is 4. The monoisotopic (exact) mass is 540 g/mol. The number of carbonyl (C=O) groups excluding carboxylic acids is 1. The molecule has 6 rings (SSSR count). The molecule has 1 spiro atoms. The van der Waals surface area contributed by atoms with Gasteiger partial charge in [0.15, 0.2) is 0 Å². The number of benzene rings is 2. The predicted octanol–water partition coefficient (Wildman–Crippen LogP) is 5.89. The van der Waals surface area contributed by atoms with Gasteiger partial charge in [0.2, 0.25) is 0 Å². The molecule has 0 aromatic heterocycles. The van der Waals surface area contributed by atoms with Crippen LogP contribution in [0.3, 0.4) is 0 Å². The predicted molar refractivity (Wildman–Crippen MR) is 142 cm³/mol. The van der Waals surface area contributed by atoms with Crippen LogP contribution in [-0.4, -0.2) is 48.2 Å². The fourth-order valence-electron chi connectivity index (χ4n) is 6.68. The third kappa shape index (κ3) is 3.52. The van der Waals surface area contributed by atoms with E-state index in [1.807, 2.05) is 24.3 Å². The molecular formula is C27H30BrClN4O. The Morgan fingerprint density at radius 3 is 2.59 bits per heavy atom. The van der Waals surface area contributed by atoms with Crippen LogP contribution in [0.5, 0.6) is 0 Å². The van der Waals surface area contributed by atoms with Crippen LogP contribution in [0.15, 0.2) is 52.0 Å². The van der Waals surface area contributed by atoms with Gasteiger partial charge in [-0.1, -0.05) is 34.0 Å². The first kappa shape index (κ1) is 22.6. The molecule has 3 atom stereocenters. The van der Waals surface area contributed by atoms with Gasteiger partial charge in [0.25, 0.3) is 5.91 Å². The number of fused-ring (bicyclic) bond motifs is 4. The Morgan fingerprint density at radius 2 is 1.82 bits per heavy atom. The summed E-state index contributed by atoms with van der Waals surface area (Å²) < 4.78 is 1.05. The van der Waals surface area contributed by atoms with Crippen molar-refractivity contribution in [1.29, 1.82) is 0 Å². The van der Waals surface area contributed by atoms with Crippen LogP contribution < -0.4 is 9.91 Å². The van der Waals surface area contributed by atoms with E-state index in [2.05, 4.69) is 50.9 Å². The van der Waals surface area contributed by atoms with E-state index < -0.39 is 5.41 Å². The van der Waals surface area contributed by atoms with E-state index in [-0.39, 0.29) is 11.9 Å². The van der Waals surface area contributed by atoms with Crippen LogP contribution in [0.1, 0.15) is 44.6 Å². The van der Waals surface area contributed by atoms with Gasteiger partial charge in [-0.15, -0.1) is 0 Å². The Morgan fingerprint density at radius 1 is 1.06 bits per heavy atom. The Kier molecular flexibility index (Phi) is 5.74. The maximum atomic E-state index is 14.3. The Balaban J connectivity index is 1.42. The van der Waals surface area contributed by atoms with Gasteiger partial charge in [0.05, 0.1) is 17.4 Å². The van der Waals surface area contributed by atoms with Crippen LogP contribution in [-0.2, 0) is 11.2 Å². The van der Waals surface area contributed by atoms with Crippen molar-refractivity contribution in [3.63, 3.8) is 0 Å². The summed E-state index contributed by atoms with van der Waals surface area (Å²) in [6.45, 7) is 5.40. The van der Waals surface area contributed by atoms with Crippen LogP contribution in [0, 0.1) is 5.41 Å². The lowest BCUT2D eigenvalue weighted by atomic mass is 9.65. The second kappa shape index (κ2) is 8.65. The van der Waals surface area contributed by atoms with Crippen molar-refractivity contribution in [3.05, 3.63) is 57.5 Å². The summed E-state index contributed by atoms with van der Waals surface area (Å²) in [5.41, 5.74) is 3.55. The Labute approximate surface area is 214 Å². The molecule has 2 aromatic carbocycles. The first-order chi connectivity index (χ1) is 16.5. The van der Waals surface area contributed by atoms with E-state index in [0.717, 1.165) is 35.3 Å². The van der Waals surface area contributed by atoms with Crippen molar-refractivity contribution < 1.29 is 4.79 Å². The molecule has 0 radical (unpaired) electrons. The Bertz CT molecular complexity index is 1150. The molecule has 0 aliphatic carbocycles. The highest BCUT2D eigenvalue weighted by Crippen LogP contribution is 2.50. The number of hydrazone groups is 1. The molecule has 0 bridgehead atoms. The van der Waals surface area contributed by atoms with E-state index in [1.165, 1.54) is 43.6 Å². The summed E-state index contributed by atoms with van der Waals surface area (Å²) in [5.74, 6) is 0.0900. The van der Waals surface area contributed by atoms with Crippen LogP contribution >= 0.6 is 27.5 Å². The van der Waals surface area contributed by atoms with Crippen molar-refractivity contribution >= 4 is 50.5 Å². The lowest BCUT2D eigenvalue weighted by Crippen LogP contribution is -2.64. The third-order valence-corrected chi connectivity index (χ3v) is 9.16. The molecule has 4 heterocycles. The van der Waals surface area contributed by atoms with Gasteiger partial charge in [-0.05, 0) is 100 Å². The van der Waals surface area contributed by atoms with E-state index in [9.17, 15) is 4.79 Å². The molecule has 0 saturated carbocycles. The second-order valence-corrected chi connectivity index (χ2v) is 11.5. The van der Waals surface area contributed by atoms with Crippen molar-refractivity contribution in [1.82, 2.24) is 4.90 Å². The molecule has 4 aliphatic heterocycles. The molecule has 2 saturated heterocycles. The largest absolute Gasteiger partial charge is 0.367 e. The van der Waals surface area contributed by atoms with E-state index >= 15 is 0 Å². The minimum Gasteiger partial charge on any atom is -0.367 e. The minimum atomic E-state index is -0.651. The van der Waals surface area contributed by atoms with E-state index in [0.29, 0.717) is 17.5 Å². The standard InChI is InChI=1S/C27H30BrClN4O/c1-18-27(26(34)33(30-18)22-8-6-21(29)7-9-22)17-19-15-20(28)5-10-24(19)32-14-11-23(16-25(27)32)31-12-3-2-4-13-31/h5-10,15,23,25H,2-4,11-14,16-17H2,1H3/t23-,25-,27-/m1/s1. The topological polar surface area (TPSA) is 39.2 Å². The maximum absolute atomic E-state index is 14.3. The highest BCUT2D eigenvalue weighted by atomic mass is 79.9. The van der Waals surface area contributed by atoms with Crippen molar-refractivity contribution in [3.8, 4) is 0 Å². The second-order valence-electron chi connectivity index (χ2n) is 10.2. The van der Waals surface area contributed by atoms with Crippen molar-refractivity contribution in [2.45, 2.75) is 57.5 Å². The number of piperidine rings is 2. The molecule has 1 amide bonds. The SMILES string of the molecule is CC1=NN(c2ccc(Cl)cc2)C(=O)[C@]12Cc1cc(Br)ccc1N1CC[C@@H](N3CCCCC3)C[C@@H]12. The van der Waals surface area contributed by atoms with Gasteiger partial charge in [-0.25, -0.2) is 0 Å². The van der Waals surface area contributed by atoms with E-state index in [1.54, 1.807) is 5.01 Å². The summed E-state index contributed by atoms with van der Waals surface area (Å²) in [5, 5.41) is 7.16. The lowest BCUT2D eigenvalue weighted by molar-refractivity contribution is -0.125. The zero-order valence-electron chi connectivity index (χ0n) is 19.5. The molecule has 34 heavy (non-hydrogen) atoms. The summed E-state index contributed by atoms with van der Waals surface area (Å²) >= 11 is 9.78. The number of carbonyl (C=O) groups is 1. The molecule has 0 unspecified atom stereocenters. The molecule has 2 aromatic rings. The van der Waals surface area contributed by atoms with Gasteiger partial charge >= 0.3 is 0 Å². The molecule has 5 nitrogen and oxygen atoms in total. The summed E-state index contributed by atoms with van der Waals surface area (Å²) in [7, 11) is 0. The molecule has 178 valence electrons. The zero-order valence-corrected chi connectivity index (χ0v) is 21.9. The Hall–Kier alpha value is -1.89. The average molecular weight is 542 g/mol. The molecule has 7 heteroatoms. The number of hydrogen-bond acceptors (Lipinski definition) is 4. The molecule has 4 aliphatic rings. The number of likely N-dealkylation sites (tertiary alicyclic amines) is 1. The minimum absolute atomic E-state index is 0.0900. The lowest BCUT2D eigenvalue weighted by Gasteiger charge is -2.54. The number of amides is 1. The van der Waals surface area contributed by atoms with Gasteiger partial charge < -0.3 is 9.80 Å².